The van der Waals surface area contributed by atoms with E-state index in [0.717, 1.165) is 11.8 Å². The molecule has 0 spiro atoms. The van der Waals surface area contributed by atoms with Gasteiger partial charge in [-0.2, -0.15) is 14.3 Å². The highest BCUT2D eigenvalue weighted by Crippen LogP contribution is 2.30. The molecule has 0 fully saturated rings. The van der Waals surface area contributed by atoms with Crippen LogP contribution in [0.2, 0.25) is 0 Å². The molecule has 0 aliphatic rings. The number of para-hydroxylation sites is 1. The first-order valence-corrected chi connectivity index (χ1v) is 10.9. The molecule has 0 bridgehead atoms. The van der Waals surface area contributed by atoms with Crippen molar-refractivity contribution >= 4 is 27.3 Å². The van der Waals surface area contributed by atoms with Crippen LogP contribution in [0.15, 0.2) is 60.7 Å². The van der Waals surface area contributed by atoms with Crippen molar-refractivity contribution in [3.05, 3.63) is 60.7 Å². The Balaban J connectivity index is 1.96. The van der Waals surface area contributed by atoms with Crippen LogP contribution in [0.25, 0.3) is 28.3 Å². The molecule has 0 saturated heterocycles. The Morgan fingerprint density at radius 2 is 1.72 bits per heavy atom. The normalized spacial score (nSPS) is 11.7. The number of hydrogen-bond donors (Lipinski definition) is 1. The molecule has 8 nitrogen and oxygen atoms in total. The molecule has 29 heavy (non-hydrogen) atoms. The van der Waals surface area contributed by atoms with E-state index in [2.05, 4.69) is 14.9 Å². The van der Waals surface area contributed by atoms with Crippen molar-refractivity contribution in [2.75, 3.05) is 11.0 Å². The first-order chi connectivity index (χ1) is 13.9. The second-order valence-electron chi connectivity index (χ2n) is 6.57. The zero-order valence-corrected chi connectivity index (χ0v) is 16.7. The van der Waals surface area contributed by atoms with Crippen LogP contribution in [-0.2, 0) is 10.0 Å². The Hall–Kier alpha value is -3.46. The van der Waals surface area contributed by atoms with Gasteiger partial charge in [-0.1, -0.05) is 49.4 Å². The van der Waals surface area contributed by atoms with E-state index >= 15 is 0 Å². The Kier molecular flexibility index (Phi) is 4.67. The first kappa shape index (κ1) is 18.9. The number of anilines is 1. The number of sulfonamides is 1. The van der Waals surface area contributed by atoms with E-state index in [0.29, 0.717) is 28.4 Å². The molecule has 0 aliphatic carbocycles. The summed E-state index contributed by atoms with van der Waals surface area (Å²) in [7, 11) is -3.49. The molecule has 0 atom stereocenters. The lowest BCUT2D eigenvalue weighted by Gasteiger charge is -2.08. The Labute approximate surface area is 167 Å². The number of nitrogens with one attached hydrogen (secondary N) is 1. The summed E-state index contributed by atoms with van der Waals surface area (Å²) in [5.41, 5.74) is 2.99. The molecule has 2 aromatic heterocycles. The Morgan fingerprint density at radius 3 is 2.41 bits per heavy atom. The molecule has 0 aliphatic heterocycles. The standard InChI is InChI=1S/C20H19N5O3S/c1-3-19(26)24-18-13-17(14-9-5-4-6-10-14)21-25(18)20(22-24)15-11-7-8-12-16(15)23-29(2,27)28/h4-13,23H,3H2,1-2H3. The van der Waals surface area contributed by atoms with E-state index in [1.165, 1.54) is 4.68 Å². The smallest absolute Gasteiger partial charge is 0.248 e. The predicted molar refractivity (Wildman–Crippen MR) is 111 cm³/mol. The van der Waals surface area contributed by atoms with Crippen LogP contribution < -0.4 is 4.72 Å². The third kappa shape index (κ3) is 3.64. The summed E-state index contributed by atoms with van der Waals surface area (Å²) in [5, 5.41) is 9.09. The highest BCUT2D eigenvalue weighted by Gasteiger charge is 2.21. The molecule has 9 heteroatoms. The summed E-state index contributed by atoms with van der Waals surface area (Å²) < 4.78 is 28.9. The van der Waals surface area contributed by atoms with Gasteiger partial charge in [0.25, 0.3) is 0 Å². The zero-order valence-electron chi connectivity index (χ0n) is 15.9. The predicted octanol–water partition coefficient (Wildman–Crippen LogP) is 3.29. The van der Waals surface area contributed by atoms with Gasteiger partial charge in [0.1, 0.15) is 0 Å². The van der Waals surface area contributed by atoms with Crippen molar-refractivity contribution in [2.24, 2.45) is 0 Å². The minimum Gasteiger partial charge on any atom is -0.283 e. The maximum atomic E-state index is 12.5. The average molecular weight is 409 g/mol. The van der Waals surface area contributed by atoms with E-state index < -0.39 is 10.0 Å². The molecule has 0 saturated carbocycles. The molecule has 2 heterocycles. The highest BCUT2D eigenvalue weighted by atomic mass is 32.2. The monoisotopic (exact) mass is 409 g/mol. The van der Waals surface area contributed by atoms with Crippen molar-refractivity contribution in [3.63, 3.8) is 0 Å². The minimum atomic E-state index is -3.49. The maximum Gasteiger partial charge on any atom is 0.248 e. The van der Waals surface area contributed by atoms with Crippen molar-refractivity contribution in [1.29, 1.82) is 0 Å². The molecule has 4 aromatic rings. The average Bonchev–Trinajstić information content (AvgIpc) is 3.27. The molecule has 4 rings (SSSR count). The second kappa shape index (κ2) is 7.17. The van der Waals surface area contributed by atoms with Crippen LogP contribution in [0, 0.1) is 0 Å². The molecule has 1 N–H and O–H groups in total. The minimum absolute atomic E-state index is 0.186. The fourth-order valence-corrected chi connectivity index (χ4v) is 3.66. The molecule has 0 amide bonds. The van der Waals surface area contributed by atoms with E-state index in [1.54, 1.807) is 41.8 Å². The van der Waals surface area contributed by atoms with E-state index in [9.17, 15) is 13.2 Å². The van der Waals surface area contributed by atoms with Gasteiger partial charge < -0.3 is 0 Å². The largest absolute Gasteiger partial charge is 0.283 e. The lowest BCUT2D eigenvalue weighted by molar-refractivity contribution is 0.0899. The van der Waals surface area contributed by atoms with Gasteiger partial charge in [-0.25, -0.2) is 8.42 Å². The summed E-state index contributed by atoms with van der Waals surface area (Å²) >= 11 is 0. The van der Waals surface area contributed by atoms with Crippen molar-refractivity contribution in [2.45, 2.75) is 13.3 Å². The SMILES string of the molecule is CCC(=O)n1nc(-c2ccccc2NS(C)(=O)=O)n2nc(-c3ccccc3)cc12. The van der Waals surface area contributed by atoms with Gasteiger partial charge in [-0.3, -0.25) is 9.52 Å². The number of aromatic nitrogens is 4. The number of benzene rings is 2. The van der Waals surface area contributed by atoms with Crippen LogP contribution in [0.1, 0.15) is 18.1 Å². The fraction of sp³-hybridized carbons (Fsp3) is 0.150. The zero-order chi connectivity index (χ0) is 20.6. The van der Waals surface area contributed by atoms with Crippen molar-refractivity contribution < 1.29 is 13.2 Å². The van der Waals surface area contributed by atoms with Crippen LogP contribution in [0.5, 0.6) is 0 Å². The first-order valence-electron chi connectivity index (χ1n) is 9.02. The molecule has 0 radical (unpaired) electrons. The van der Waals surface area contributed by atoms with E-state index in [-0.39, 0.29) is 12.3 Å². The number of rotatable bonds is 5. The maximum absolute atomic E-state index is 12.5. The van der Waals surface area contributed by atoms with E-state index in [4.69, 9.17) is 0 Å². The van der Waals surface area contributed by atoms with Gasteiger partial charge in [0, 0.05) is 23.6 Å². The third-order valence-electron chi connectivity index (χ3n) is 4.37. The molecular weight excluding hydrogens is 390 g/mol. The quantitative estimate of drug-likeness (QED) is 0.545. The molecular formula is C20H19N5O3S. The van der Waals surface area contributed by atoms with Crippen molar-refractivity contribution in [1.82, 2.24) is 19.4 Å². The fourth-order valence-electron chi connectivity index (χ4n) is 3.08. The summed E-state index contributed by atoms with van der Waals surface area (Å²) in [6, 6.07) is 18.3. The highest BCUT2D eigenvalue weighted by molar-refractivity contribution is 7.92. The summed E-state index contributed by atoms with van der Waals surface area (Å²) in [6.45, 7) is 1.76. The topological polar surface area (TPSA) is 98.4 Å². The Morgan fingerprint density at radius 1 is 1.03 bits per heavy atom. The van der Waals surface area contributed by atoms with Gasteiger partial charge in [0.2, 0.25) is 15.9 Å². The lowest BCUT2D eigenvalue weighted by Crippen LogP contribution is -2.11. The van der Waals surface area contributed by atoms with Gasteiger partial charge >= 0.3 is 0 Å². The second-order valence-corrected chi connectivity index (χ2v) is 8.32. The summed E-state index contributed by atoms with van der Waals surface area (Å²) in [5.74, 6) is 0.185. The van der Waals surface area contributed by atoms with Crippen molar-refractivity contribution in [3.8, 4) is 22.6 Å². The third-order valence-corrected chi connectivity index (χ3v) is 4.97. The molecule has 148 valence electrons. The van der Waals surface area contributed by atoms with Gasteiger partial charge in [-0.05, 0) is 12.1 Å². The Bertz CT molecular complexity index is 1310. The number of hydrogen-bond acceptors (Lipinski definition) is 5. The van der Waals surface area contributed by atoms with Gasteiger partial charge in [-0.15, -0.1) is 5.10 Å². The lowest BCUT2D eigenvalue weighted by atomic mass is 10.2. The van der Waals surface area contributed by atoms with Gasteiger partial charge in [0.05, 0.1) is 17.6 Å². The van der Waals surface area contributed by atoms with E-state index in [1.807, 2.05) is 30.3 Å². The molecule has 2 aromatic carbocycles. The summed E-state index contributed by atoms with van der Waals surface area (Å²) in [4.78, 5) is 12.5. The van der Waals surface area contributed by atoms with Crippen LogP contribution in [-0.4, -0.2) is 40.0 Å². The van der Waals surface area contributed by atoms with Crippen LogP contribution in [0.3, 0.4) is 0 Å². The number of fused-ring (bicyclic) bond motifs is 1. The number of carbonyl (C=O) groups excluding carboxylic acids is 1. The van der Waals surface area contributed by atoms with Crippen LogP contribution >= 0.6 is 0 Å². The molecule has 0 unspecified atom stereocenters. The van der Waals surface area contributed by atoms with Gasteiger partial charge in [0.15, 0.2) is 11.5 Å². The summed E-state index contributed by atoms with van der Waals surface area (Å²) in [6.07, 6.45) is 1.35. The number of nitrogens with zero attached hydrogens (tertiary/aromatic N) is 4. The van der Waals surface area contributed by atoms with Crippen LogP contribution in [0.4, 0.5) is 5.69 Å². The number of carbonyl (C=O) groups is 1.